The summed E-state index contributed by atoms with van der Waals surface area (Å²) in [7, 11) is 0. The molecule has 3 aromatic rings. The van der Waals surface area contributed by atoms with Crippen molar-refractivity contribution in [2.24, 2.45) is 10.3 Å². The molecule has 2 aliphatic heterocycles. The predicted octanol–water partition coefficient (Wildman–Crippen LogP) is 3.13. The second kappa shape index (κ2) is 7.10. The van der Waals surface area contributed by atoms with E-state index >= 15 is 0 Å². The Morgan fingerprint density at radius 1 is 1.03 bits per heavy atom. The van der Waals surface area contributed by atoms with Gasteiger partial charge in [-0.15, -0.1) is 0 Å². The number of halogens is 2. The van der Waals surface area contributed by atoms with Crippen LogP contribution in [0.5, 0.6) is 0 Å². The van der Waals surface area contributed by atoms with E-state index in [0.29, 0.717) is 5.82 Å². The van der Waals surface area contributed by atoms with Gasteiger partial charge in [-0.25, -0.2) is 9.29 Å². The van der Waals surface area contributed by atoms with Crippen molar-refractivity contribution >= 4 is 33.4 Å². The number of hydrogen-bond donors (Lipinski definition) is 0. The van der Waals surface area contributed by atoms with Gasteiger partial charge in [0.1, 0.15) is 12.4 Å². The van der Waals surface area contributed by atoms with Gasteiger partial charge in [-0.2, -0.15) is 10.1 Å². The van der Waals surface area contributed by atoms with Gasteiger partial charge in [-0.05, 0) is 48.5 Å². The molecule has 0 spiro atoms. The largest absolute Gasteiger partial charge is 0.337 e. The first-order valence-corrected chi connectivity index (χ1v) is 9.70. The fraction of sp³-hybridized carbons (Fsp3) is 0.158. The fourth-order valence-corrected chi connectivity index (χ4v) is 3.64. The molecule has 1 aromatic heterocycles. The lowest BCUT2D eigenvalue weighted by Gasteiger charge is -2.19. The molecule has 3 heterocycles. The van der Waals surface area contributed by atoms with Crippen LogP contribution in [0.15, 0.2) is 67.9 Å². The van der Waals surface area contributed by atoms with Crippen molar-refractivity contribution in [3.05, 3.63) is 64.7 Å². The number of imide groups is 1. The van der Waals surface area contributed by atoms with Crippen LogP contribution >= 0.6 is 15.9 Å². The van der Waals surface area contributed by atoms with E-state index in [4.69, 9.17) is 4.52 Å². The van der Waals surface area contributed by atoms with Crippen LogP contribution in [-0.2, 0) is 16.1 Å². The molecule has 0 radical (unpaired) electrons. The Kier molecular flexibility index (Phi) is 4.39. The third kappa shape index (κ3) is 3.07. The van der Waals surface area contributed by atoms with E-state index < -0.39 is 29.7 Å². The Bertz CT molecular complexity index is 1160. The van der Waals surface area contributed by atoms with Gasteiger partial charge in [0.15, 0.2) is 12.1 Å². The number of carbonyl (C=O) groups excluding carboxylic acids is 2. The summed E-state index contributed by atoms with van der Waals surface area (Å²) in [4.78, 5) is 30.9. The molecule has 2 aromatic carbocycles. The van der Waals surface area contributed by atoms with E-state index in [0.717, 1.165) is 14.9 Å². The average molecular weight is 471 g/mol. The number of carbonyl (C=O) groups is 2. The molecule has 30 heavy (non-hydrogen) atoms. The number of benzene rings is 2. The normalized spacial score (nSPS) is 20.3. The van der Waals surface area contributed by atoms with Crippen LogP contribution in [0.4, 0.5) is 10.1 Å². The molecular weight excluding hydrogens is 459 g/mol. The van der Waals surface area contributed by atoms with Crippen molar-refractivity contribution in [3.63, 3.8) is 0 Å². The third-order valence-electron chi connectivity index (χ3n) is 4.81. The first-order valence-electron chi connectivity index (χ1n) is 8.90. The lowest BCUT2D eigenvalue weighted by atomic mass is 10.1. The number of rotatable bonds is 4. The zero-order chi connectivity index (χ0) is 20.8. The highest BCUT2D eigenvalue weighted by Gasteiger charge is 2.55. The molecule has 0 aliphatic carbocycles. The second-order valence-electron chi connectivity index (χ2n) is 6.70. The van der Waals surface area contributed by atoms with Crippen molar-refractivity contribution < 1.29 is 18.5 Å². The maximum Gasteiger partial charge on any atom is 0.263 e. The molecule has 0 unspecified atom stereocenters. The molecule has 0 N–H and O–H groups in total. The first-order chi connectivity index (χ1) is 14.5. The van der Waals surface area contributed by atoms with Crippen LogP contribution in [0.25, 0.3) is 11.4 Å². The van der Waals surface area contributed by atoms with Gasteiger partial charge in [0.2, 0.25) is 11.7 Å². The van der Waals surface area contributed by atoms with Crippen LogP contribution in [0.3, 0.4) is 0 Å². The molecule has 11 heteroatoms. The van der Waals surface area contributed by atoms with Gasteiger partial charge >= 0.3 is 0 Å². The highest BCUT2D eigenvalue weighted by Crippen LogP contribution is 2.32. The standard InChI is InChI=1S/C19H12BrFN6O3/c20-11-3-1-10(2-4-11)17-22-14(30-24-17)9-26-16-15(23-25-26)18(28)27(19(16)29)13-7-5-12(21)6-8-13/h1-8,15-16H,9H2/t15-,16-/m0/s1. The first kappa shape index (κ1) is 18.6. The van der Waals surface area contributed by atoms with E-state index in [1.165, 1.54) is 29.3 Å². The average Bonchev–Trinajstić information content (AvgIpc) is 3.43. The molecule has 5 rings (SSSR count). The van der Waals surface area contributed by atoms with Crippen molar-refractivity contribution in [1.29, 1.82) is 0 Å². The SMILES string of the molecule is O=C1[C@H]2N=NN(Cc3nc(-c4ccc(Br)cc4)no3)[C@@H]2C(=O)N1c1ccc(F)cc1. The maximum absolute atomic E-state index is 13.2. The van der Waals surface area contributed by atoms with Gasteiger partial charge in [-0.3, -0.25) is 14.6 Å². The van der Waals surface area contributed by atoms with Crippen molar-refractivity contribution in [2.75, 3.05) is 4.90 Å². The summed E-state index contributed by atoms with van der Waals surface area (Å²) < 4.78 is 19.4. The van der Waals surface area contributed by atoms with Crippen LogP contribution in [0.1, 0.15) is 5.89 Å². The Morgan fingerprint density at radius 2 is 1.77 bits per heavy atom. The predicted molar refractivity (Wildman–Crippen MR) is 104 cm³/mol. The Labute approximate surface area is 177 Å². The van der Waals surface area contributed by atoms with Gasteiger partial charge in [-0.1, -0.05) is 26.3 Å². The van der Waals surface area contributed by atoms with Crippen molar-refractivity contribution in [3.8, 4) is 11.4 Å². The van der Waals surface area contributed by atoms with Gasteiger partial charge < -0.3 is 4.52 Å². The minimum atomic E-state index is -0.962. The zero-order valence-corrected chi connectivity index (χ0v) is 16.7. The van der Waals surface area contributed by atoms with E-state index in [2.05, 4.69) is 36.4 Å². The monoisotopic (exact) mass is 470 g/mol. The summed E-state index contributed by atoms with van der Waals surface area (Å²) in [5, 5.41) is 13.2. The summed E-state index contributed by atoms with van der Waals surface area (Å²) in [6.45, 7) is 0.0183. The maximum atomic E-state index is 13.2. The number of fused-ring (bicyclic) bond motifs is 1. The molecule has 1 saturated heterocycles. The minimum Gasteiger partial charge on any atom is -0.337 e. The van der Waals surface area contributed by atoms with E-state index in [1.54, 1.807) is 0 Å². The summed E-state index contributed by atoms with van der Waals surface area (Å²) in [6, 6.07) is 10.6. The molecule has 1 fully saturated rings. The molecule has 2 aliphatic rings. The molecule has 2 amide bonds. The molecule has 0 bridgehead atoms. The third-order valence-corrected chi connectivity index (χ3v) is 5.34. The highest BCUT2D eigenvalue weighted by atomic mass is 79.9. The number of nitrogens with zero attached hydrogens (tertiary/aromatic N) is 6. The fourth-order valence-electron chi connectivity index (χ4n) is 3.37. The lowest BCUT2D eigenvalue weighted by Crippen LogP contribution is -2.39. The summed E-state index contributed by atoms with van der Waals surface area (Å²) >= 11 is 3.37. The van der Waals surface area contributed by atoms with Gasteiger partial charge in [0, 0.05) is 10.0 Å². The topological polar surface area (TPSA) is 104 Å². The number of amides is 2. The van der Waals surface area contributed by atoms with Crippen molar-refractivity contribution in [1.82, 2.24) is 15.1 Å². The number of anilines is 1. The smallest absolute Gasteiger partial charge is 0.263 e. The van der Waals surface area contributed by atoms with Crippen LogP contribution in [0, 0.1) is 5.82 Å². The van der Waals surface area contributed by atoms with E-state index in [1.807, 2.05) is 24.3 Å². The zero-order valence-electron chi connectivity index (χ0n) is 15.1. The minimum absolute atomic E-state index is 0.0183. The quantitative estimate of drug-likeness (QED) is 0.542. The summed E-state index contributed by atoms with van der Waals surface area (Å²) in [5.74, 6) is -0.838. The van der Waals surface area contributed by atoms with Gasteiger partial charge in [0.05, 0.1) is 5.69 Å². The summed E-state index contributed by atoms with van der Waals surface area (Å²) in [5.41, 5.74) is 1.05. The van der Waals surface area contributed by atoms with Crippen molar-refractivity contribution in [2.45, 2.75) is 18.6 Å². The Morgan fingerprint density at radius 3 is 2.50 bits per heavy atom. The lowest BCUT2D eigenvalue weighted by molar-refractivity contribution is -0.123. The Balaban J connectivity index is 1.36. The van der Waals surface area contributed by atoms with Gasteiger partial charge in [0.25, 0.3) is 11.8 Å². The van der Waals surface area contributed by atoms with Crippen LogP contribution in [-0.4, -0.2) is 39.0 Å². The number of aromatic nitrogens is 2. The summed E-state index contributed by atoms with van der Waals surface area (Å²) in [6.07, 6.45) is 0. The van der Waals surface area contributed by atoms with Crippen LogP contribution in [0.2, 0.25) is 0 Å². The van der Waals surface area contributed by atoms with Crippen LogP contribution < -0.4 is 4.90 Å². The molecule has 150 valence electrons. The van der Waals surface area contributed by atoms with E-state index in [9.17, 15) is 14.0 Å². The molecule has 0 saturated carbocycles. The molecule has 9 nitrogen and oxygen atoms in total. The highest BCUT2D eigenvalue weighted by molar-refractivity contribution is 9.10. The van der Waals surface area contributed by atoms with E-state index in [-0.39, 0.29) is 18.1 Å². The Hall–Kier alpha value is -3.47. The molecule has 2 atom stereocenters. The second-order valence-corrected chi connectivity index (χ2v) is 7.61. The number of hydrogen-bond acceptors (Lipinski definition) is 8. The molecular formula is C19H12BrFN6O3.